The number of hydrogen-bond donors (Lipinski definition) is 0. The lowest BCUT2D eigenvalue weighted by Crippen LogP contribution is -2.67. The Morgan fingerprint density at radius 3 is 2.28 bits per heavy atom. The second-order valence-corrected chi connectivity index (χ2v) is 7.66. The normalized spacial score (nSPS) is 45.4. The Hall–Kier alpha value is -0.370. The largest absolute Gasteiger partial charge is 0.200 e. The molecule has 1 aromatic heterocycles. The molecule has 0 aliphatic heterocycles. The number of alkyl halides is 1. The molecule has 4 fully saturated rings. The van der Waals surface area contributed by atoms with E-state index in [0.29, 0.717) is 11.0 Å². The summed E-state index contributed by atoms with van der Waals surface area (Å²) in [5, 5.41) is 1.21. The molecule has 4 bridgehead atoms. The third-order valence-corrected chi connectivity index (χ3v) is 6.89. The lowest BCUT2D eigenvalue weighted by Gasteiger charge is -2.58. The monoisotopic (exact) mass is 306 g/mol. The molecule has 0 N–H and O–H groups in total. The van der Waals surface area contributed by atoms with Gasteiger partial charge in [-0.2, -0.15) is 4.57 Å². The van der Waals surface area contributed by atoms with Crippen LogP contribution in [0.1, 0.15) is 38.5 Å². The van der Waals surface area contributed by atoms with Crippen molar-refractivity contribution in [2.24, 2.45) is 17.3 Å². The molecule has 0 amide bonds. The van der Waals surface area contributed by atoms with E-state index in [4.69, 9.17) is 0 Å². The van der Waals surface area contributed by atoms with Gasteiger partial charge in [-0.3, -0.25) is 0 Å². The van der Waals surface area contributed by atoms with Crippen LogP contribution < -0.4 is 4.57 Å². The van der Waals surface area contributed by atoms with Crippen molar-refractivity contribution in [2.75, 3.05) is 5.33 Å². The highest BCUT2D eigenvalue weighted by molar-refractivity contribution is 9.09. The van der Waals surface area contributed by atoms with E-state index in [0.717, 1.165) is 11.8 Å². The van der Waals surface area contributed by atoms with Crippen LogP contribution in [0.25, 0.3) is 0 Å². The van der Waals surface area contributed by atoms with E-state index in [-0.39, 0.29) is 0 Å². The Morgan fingerprint density at radius 1 is 1.00 bits per heavy atom. The number of rotatable bonds is 2. The Balaban J connectivity index is 1.78. The van der Waals surface area contributed by atoms with Crippen LogP contribution in [-0.4, -0.2) is 5.33 Å². The average Bonchev–Trinajstić information content (AvgIpc) is 2.38. The SMILES string of the molecule is BrCC12C[C@@H]3C[C@@H](C1)CC([n+]1ccccc1)(C3)C2. The number of hydrogen-bond acceptors (Lipinski definition) is 0. The van der Waals surface area contributed by atoms with Crippen LogP contribution in [0.3, 0.4) is 0 Å². The van der Waals surface area contributed by atoms with Crippen molar-refractivity contribution in [1.29, 1.82) is 0 Å². The first-order chi connectivity index (χ1) is 8.74. The van der Waals surface area contributed by atoms with Crippen LogP contribution in [0.5, 0.6) is 0 Å². The third kappa shape index (κ3) is 1.54. The third-order valence-electron chi connectivity index (χ3n) is 5.70. The van der Waals surface area contributed by atoms with Gasteiger partial charge in [0.1, 0.15) is 0 Å². The standard InChI is InChI=1S/C16H21BrN/c17-12-15-7-13-6-14(8-15)10-16(9-13,11-15)18-4-2-1-3-5-18/h1-5,13-14H,6-12H2/q+1/t13-,14-,15?,16?/m0/s1. The van der Waals surface area contributed by atoms with E-state index < -0.39 is 0 Å². The summed E-state index contributed by atoms with van der Waals surface area (Å²) in [4.78, 5) is 0. The summed E-state index contributed by atoms with van der Waals surface area (Å²) in [7, 11) is 0. The van der Waals surface area contributed by atoms with E-state index in [9.17, 15) is 0 Å². The molecular weight excluding hydrogens is 286 g/mol. The maximum absolute atomic E-state index is 3.83. The van der Waals surface area contributed by atoms with E-state index in [1.54, 1.807) is 0 Å². The Bertz CT molecular complexity index is 441. The molecule has 1 aromatic rings. The maximum atomic E-state index is 3.83. The van der Waals surface area contributed by atoms with E-state index in [2.05, 4.69) is 51.1 Å². The zero-order valence-corrected chi connectivity index (χ0v) is 12.4. The highest BCUT2D eigenvalue weighted by Gasteiger charge is 2.61. The molecule has 4 aliphatic rings. The van der Waals surface area contributed by atoms with Crippen LogP contribution >= 0.6 is 15.9 Å². The first-order valence-corrected chi connectivity index (χ1v) is 8.39. The molecule has 18 heavy (non-hydrogen) atoms. The molecule has 4 saturated carbocycles. The molecule has 1 heterocycles. The lowest BCUT2D eigenvalue weighted by molar-refractivity contribution is -0.778. The minimum Gasteiger partial charge on any atom is -0.200 e. The second-order valence-electron chi connectivity index (χ2n) is 7.10. The zero-order valence-electron chi connectivity index (χ0n) is 10.8. The van der Waals surface area contributed by atoms with Gasteiger partial charge in [0.05, 0.1) is 0 Å². The van der Waals surface area contributed by atoms with Crippen molar-refractivity contribution < 1.29 is 4.57 Å². The summed E-state index contributed by atoms with van der Waals surface area (Å²) >= 11 is 3.83. The van der Waals surface area contributed by atoms with E-state index >= 15 is 0 Å². The molecular formula is C16H21BrN+. The van der Waals surface area contributed by atoms with Crippen molar-refractivity contribution in [3.05, 3.63) is 30.6 Å². The minimum atomic E-state index is 0.444. The summed E-state index contributed by atoms with van der Waals surface area (Å²) in [6.07, 6.45) is 13.3. The van der Waals surface area contributed by atoms with Crippen LogP contribution in [0.15, 0.2) is 30.6 Å². The van der Waals surface area contributed by atoms with Gasteiger partial charge in [-0.25, -0.2) is 0 Å². The number of aromatic nitrogens is 1. The number of pyridine rings is 1. The molecule has 4 aliphatic carbocycles. The summed E-state index contributed by atoms with van der Waals surface area (Å²) < 4.78 is 2.54. The van der Waals surface area contributed by atoms with E-state index in [1.165, 1.54) is 43.9 Å². The van der Waals surface area contributed by atoms with Crippen LogP contribution in [-0.2, 0) is 5.54 Å². The summed E-state index contributed by atoms with van der Waals surface area (Å²) in [6, 6.07) is 6.52. The van der Waals surface area contributed by atoms with Crippen molar-refractivity contribution in [3.63, 3.8) is 0 Å². The van der Waals surface area contributed by atoms with Gasteiger partial charge >= 0.3 is 0 Å². The molecule has 0 unspecified atom stereocenters. The molecule has 96 valence electrons. The summed E-state index contributed by atoms with van der Waals surface area (Å²) in [5.74, 6) is 1.97. The summed E-state index contributed by atoms with van der Waals surface area (Å²) in [5.41, 5.74) is 1.05. The molecule has 0 aromatic carbocycles. The lowest BCUT2D eigenvalue weighted by atomic mass is 9.47. The first kappa shape index (κ1) is 11.5. The maximum Gasteiger partial charge on any atom is 0.169 e. The molecule has 5 rings (SSSR count). The van der Waals surface area contributed by atoms with Gasteiger partial charge in [0, 0.05) is 36.7 Å². The van der Waals surface area contributed by atoms with Gasteiger partial charge in [-0.15, -0.1) is 0 Å². The topological polar surface area (TPSA) is 3.88 Å². The predicted molar refractivity (Wildman–Crippen MR) is 75.5 cm³/mol. The highest BCUT2D eigenvalue weighted by Crippen LogP contribution is 2.63. The van der Waals surface area contributed by atoms with Crippen LogP contribution in [0.2, 0.25) is 0 Å². The fraction of sp³-hybridized carbons (Fsp3) is 0.688. The van der Waals surface area contributed by atoms with Crippen LogP contribution in [0, 0.1) is 17.3 Å². The quantitative estimate of drug-likeness (QED) is 0.580. The molecule has 2 heteroatoms. The molecule has 0 radical (unpaired) electrons. The van der Waals surface area contributed by atoms with Gasteiger partial charge in [0.15, 0.2) is 17.9 Å². The van der Waals surface area contributed by atoms with Crippen molar-refractivity contribution in [2.45, 2.75) is 44.1 Å². The van der Waals surface area contributed by atoms with E-state index in [1.807, 2.05) is 0 Å². The van der Waals surface area contributed by atoms with Crippen molar-refractivity contribution in [3.8, 4) is 0 Å². The Kier molecular flexibility index (Phi) is 2.43. The minimum absolute atomic E-state index is 0.444. The molecule has 0 saturated heterocycles. The first-order valence-electron chi connectivity index (χ1n) is 7.26. The van der Waals surface area contributed by atoms with Gasteiger partial charge in [0.2, 0.25) is 0 Å². The van der Waals surface area contributed by atoms with Gasteiger partial charge < -0.3 is 0 Å². The number of halogens is 1. The Labute approximate surface area is 118 Å². The number of nitrogens with zero attached hydrogens (tertiary/aromatic N) is 1. The fourth-order valence-electron chi connectivity index (χ4n) is 5.58. The fourth-order valence-corrected chi connectivity index (χ4v) is 6.23. The average molecular weight is 307 g/mol. The molecule has 1 nitrogen and oxygen atoms in total. The van der Waals surface area contributed by atoms with Crippen molar-refractivity contribution in [1.82, 2.24) is 0 Å². The molecule has 2 atom stereocenters. The summed E-state index contributed by atoms with van der Waals surface area (Å²) in [6.45, 7) is 0. The van der Waals surface area contributed by atoms with Crippen LogP contribution in [0.4, 0.5) is 0 Å². The van der Waals surface area contributed by atoms with Gasteiger partial charge in [-0.1, -0.05) is 22.0 Å². The van der Waals surface area contributed by atoms with Gasteiger partial charge in [0.25, 0.3) is 0 Å². The zero-order chi connectivity index (χ0) is 12.2. The van der Waals surface area contributed by atoms with Crippen molar-refractivity contribution >= 4 is 15.9 Å². The smallest absolute Gasteiger partial charge is 0.169 e. The Morgan fingerprint density at radius 2 is 1.67 bits per heavy atom. The molecule has 0 spiro atoms. The second kappa shape index (κ2) is 3.82. The highest BCUT2D eigenvalue weighted by atomic mass is 79.9. The van der Waals surface area contributed by atoms with Gasteiger partial charge in [-0.05, 0) is 36.5 Å². The predicted octanol–water partition coefficient (Wildman–Crippen LogP) is 3.66.